The van der Waals surface area contributed by atoms with Crippen LogP contribution in [0.5, 0.6) is 0 Å². The summed E-state index contributed by atoms with van der Waals surface area (Å²) in [6, 6.07) is 7.81. The summed E-state index contributed by atoms with van der Waals surface area (Å²) in [7, 11) is 1.80. The Hall–Kier alpha value is -0.800. The van der Waals surface area contributed by atoms with Gasteiger partial charge in [-0.25, -0.2) is 8.42 Å². The fourth-order valence-corrected chi connectivity index (χ4v) is 2.81. The van der Waals surface area contributed by atoms with Gasteiger partial charge >= 0.3 is 0 Å². The molecule has 0 atom stereocenters. The zero-order valence-electron chi connectivity index (χ0n) is 8.11. The third-order valence-electron chi connectivity index (χ3n) is 2.55. The first-order chi connectivity index (χ1) is 7.07. The Balaban J connectivity index is 2.52. The van der Waals surface area contributed by atoms with E-state index in [-0.39, 0.29) is 0 Å². The molecule has 0 unspecified atom stereocenters. The molecule has 0 aromatic heterocycles. The standard InChI is InChI=1S/C11H11ClO2S/c12-15(13,14)11-7-3-6-9-4-1-2-5-10(9)8-11/h1-2,4-5,8H,3,6-7H2. The Morgan fingerprint density at radius 2 is 1.87 bits per heavy atom. The molecular weight excluding hydrogens is 232 g/mol. The lowest BCUT2D eigenvalue weighted by Gasteiger charge is -2.00. The minimum absolute atomic E-state index is 0.328. The van der Waals surface area contributed by atoms with Crippen LogP contribution in [0.4, 0.5) is 0 Å². The quantitative estimate of drug-likeness (QED) is 0.710. The number of fused-ring (bicyclic) bond motifs is 1. The summed E-state index contributed by atoms with van der Waals surface area (Å²) in [5.41, 5.74) is 2.15. The van der Waals surface area contributed by atoms with Crippen molar-refractivity contribution >= 4 is 25.8 Å². The van der Waals surface area contributed by atoms with Gasteiger partial charge in [-0.15, -0.1) is 0 Å². The zero-order valence-corrected chi connectivity index (χ0v) is 9.68. The van der Waals surface area contributed by atoms with Gasteiger partial charge in [0.05, 0.1) is 4.91 Å². The molecule has 0 spiro atoms. The predicted molar refractivity (Wildman–Crippen MR) is 62.1 cm³/mol. The maximum absolute atomic E-state index is 11.2. The summed E-state index contributed by atoms with van der Waals surface area (Å²) in [4.78, 5) is 0.328. The highest BCUT2D eigenvalue weighted by Gasteiger charge is 2.17. The molecule has 0 saturated carbocycles. The average Bonchev–Trinajstić information content (AvgIpc) is 2.38. The highest BCUT2D eigenvalue weighted by molar-refractivity contribution is 8.16. The molecule has 0 aliphatic heterocycles. The first kappa shape index (κ1) is 10.7. The predicted octanol–water partition coefficient (Wildman–Crippen LogP) is 2.93. The van der Waals surface area contributed by atoms with Crippen LogP contribution < -0.4 is 0 Å². The molecular formula is C11H11ClO2S. The van der Waals surface area contributed by atoms with Crippen LogP contribution in [0.3, 0.4) is 0 Å². The Morgan fingerprint density at radius 1 is 1.13 bits per heavy atom. The van der Waals surface area contributed by atoms with Crippen LogP contribution in [0.15, 0.2) is 29.2 Å². The molecule has 0 amide bonds. The maximum Gasteiger partial charge on any atom is 0.257 e. The van der Waals surface area contributed by atoms with Crippen molar-refractivity contribution in [2.45, 2.75) is 19.3 Å². The smallest absolute Gasteiger partial charge is 0.207 e. The molecule has 0 bridgehead atoms. The summed E-state index contributed by atoms with van der Waals surface area (Å²) in [5.74, 6) is 0. The van der Waals surface area contributed by atoms with Crippen molar-refractivity contribution in [1.82, 2.24) is 0 Å². The number of halogens is 1. The van der Waals surface area contributed by atoms with Crippen molar-refractivity contribution < 1.29 is 8.42 Å². The lowest BCUT2D eigenvalue weighted by atomic mass is 10.1. The first-order valence-electron chi connectivity index (χ1n) is 4.80. The van der Waals surface area contributed by atoms with Crippen LogP contribution in [0.25, 0.3) is 6.08 Å². The van der Waals surface area contributed by atoms with Gasteiger partial charge in [0.1, 0.15) is 0 Å². The van der Waals surface area contributed by atoms with E-state index in [4.69, 9.17) is 10.7 Å². The van der Waals surface area contributed by atoms with E-state index >= 15 is 0 Å². The molecule has 1 aromatic rings. The molecule has 1 aliphatic carbocycles. The monoisotopic (exact) mass is 242 g/mol. The Labute approximate surface area is 94.0 Å². The van der Waals surface area contributed by atoms with Crippen LogP contribution in [-0.4, -0.2) is 8.42 Å². The van der Waals surface area contributed by atoms with Crippen LogP contribution >= 0.6 is 10.7 Å². The van der Waals surface area contributed by atoms with Crippen molar-refractivity contribution in [3.05, 3.63) is 40.3 Å². The van der Waals surface area contributed by atoms with Gasteiger partial charge in [0.2, 0.25) is 0 Å². The molecule has 15 heavy (non-hydrogen) atoms. The van der Waals surface area contributed by atoms with Gasteiger partial charge in [0.15, 0.2) is 0 Å². The third kappa shape index (κ3) is 2.41. The fourth-order valence-electron chi connectivity index (χ4n) is 1.79. The highest BCUT2D eigenvalue weighted by atomic mass is 35.7. The number of hydrogen-bond acceptors (Lipinski definition) is 2. The Bertz CT molecular complexity index is 503. The van der Waals surface area contributed by atoms with Gasteiger partial charge in [0, 0.05) is 10.7 Å². The van der Waals surface area contributed by atoms with Gasteiger partial charge in [-0.05, 0) is 36.5 Å². The van der Waals surface area contributed by atoms with Crippen molar-refractivity contribution in [2.24, 2.45) is 0 Å². The molecule has 80 valence electrons. The Morgan fingerprint density at radius 3 is 2.60 bits per heavy atom. The minimum Gasteiger partial charge on any atom is -0.207 e. The van der Waals surface area contributed by atoms with Crippen molar-refractivity contribution in [3.63, 3.8) is 0 Å². The van der Waals surface area contributed by atoms with E-state index in [1.165, 1.54) is 5.56 Å². The molecule has 0 N–H and O–H groups in total. The van der Waals surface area contributed by atoms with E-state index in [1.54, 1.807) is 6.08 Å². The van der Waals surface area contributed by atoms with E-state index in [9.17, 15) is 8.42 Å². The highest BCUT2D eigenvalue weighted by Crippen LogP contribution is 2.27. The van der Waals surface area contributed by atoms with Crippen LogP contribution in [0, 0.1) is 0 Å². The number of benzene rings is 1. The minimum atomic E-state index is -3.56. The van der Waals surface area contributed by atoms with Gasteiger partial charge < -0.3 is 0 Å². The molecule has 0 heterocycles. The average molecular weight is 243 g/mol. The number of rotatable bonds is 1. The largest absolute Gasteiger partial charge is 0.257 e. The SMILES string of the molecule is O=S(=O)(Cl)C1=Cc2ccccc2CCC1. The lowest BCUT2D eigenvalue weighted by molar-refractivity contribution is 0.612. The fraction of sp³-hybridized carbons (Fsp3) is 0.273. The molecule has 4 heteroatoms. The molecule has 0 fully saturated rings. The Kier molecular flexibility index (Phi) is 2.85. The molecule has 1 aromatic carbocycles. The van der Waals surface area contributed by atoms with Crippen molar-refractivity contribution in [3.8, 4) is 0 Å². The van der Waals surface area contributed by atoms with Gasteiger partial charge in [-0.1, -0.05) is 24.3 Å². The normalized spacial score (nSPS) is 16.5. The van der Waals surface area contributed by atoms with Gasteiger partial charge in [-0.3, -0.25) is 0 Å². The first-order valence-corrected chi connectivity index (χ1v) is 7.11. The molecule has 2 rings (SSSR count). The van der Waals surface area contributed by atoms with E-state index < -0.39 is 9.05 Å². The van der Waals surface area contributed by atoms with E-state index in [2.05, 4.69) is 0 Å². The lowest BCUT2D eigenvalue weighted by Crippen LogP contribution is -1.93. The second-order valence-corrected chi connectivity index (χ2v) is 6.22. The molecule has 0 radical (unpaired) electrons. The second kappa shape index (κ2) is 3.99. The van der Waals surface area contributed by atoms with Crippen LogP contribution in [0.2, 0.25) is 0 Å². The van der Waals surface area contributed by atoms with E-state index in [0.717, 1.165) is 18.4 Å². The maximum atomic E-state index is 11.2. The van der Waals surface area contributed by atoms with Crippen LogP contribution in [-0.2, 0) is 15.5 Å². The van der Waals surface area contributed by atoms with Crippen LogP contribution in [0.1, 0.15) is 24.0 Å². The number of aryl methyl sites for hydroxylation is 1. The van der Waals surface area contributed by atoms with Crippen molar-refractivity contribution in [1.29, 1.82) is 0 Å². The van der Waals surface area contributed by atoms with Gasteiger partial charge in [-0.2, -0.15) is 0 Å². The third-order valence-corrected chi connectivity index (χ3v) is 4.10. The number of allylic oxidation sites excluding steroid dienone is 1. The summed E-state index contributed by atoms with van der Waals surface area (Å²) in [6.07, 6.45) is 3.95. The summed E-state index contributed by atoms with van der Waals surface area (Å²) >= 11 is 0. The molecule has 2 nitrogen and oxygen atoms in total. The van der Waals surface area contributed by atoms with Gasteiger partial charge in [0.25, 0.3) is 9.05 Å². The molecule has 0 saturated heterocycles. The zero-order chi connectivity index (χ0) is 10.9. The second-order valence-electron chi connectivity index (χ2n) is 3.60. The number of hydrogen-bond donors (Lipinski definition) is 0. The van der Waals surface area contributed by atoms with E-state index in [1.807, 2.05) is 24.3 Å². The van der Waals surface area contributed by atoms with E-state index in [0.29, 0.717) is 11.3 Å². The van der Waals surface area contributed by atoms with Crippen molar-refractivity contribution in [2.75, 3.05) is 0 Å². The summed E-state index contributed by atoms with van der Waals surface area (Å²) in [5, 5.41) is 0. The summed E-state index contributed by atoms with van der Waals surface area (Å²) in [6.45, 7) is 0. The molecule has 1 aliphatic rings. The topological polar surface area (TPSA) is 34.1 Å². The summed E-state index contributed by atoms with van der Waals surface area (Å²) < 4.78 is 22.5.